The number of nitrogens with zero attached hydrogens (tertiary/aromatic N) is 1. The van der Waals surface area contributed by atoms with Crippen molar-refractivity contribution in [3.8, 4) is 5.75 Å². The van der Waals surface area contributed by atoms with E-state index in [2.05, 4.69) is 15.6 Å². The molecule has 0 saturated carbocycles. The van der Waals surface area contributed by atoms with Gasteiger partial charge >= 0.3 is 0 Å². The molecule has 1 aromatic carbocycles. The summed E-state index contributed by atoms with van der Waals surface area (Å²) >= 11 is 8.17. The summed E-state index contributed by atoms with van der Waals surface area (Å²) in [5.41, 5.74) is 3.57. The fourth-order valence-corrected chi connectivity index (χ4v) is 5.47. The van der Waals surface area contributed by atoms with Crippen molar-refractivity contribution < 1.29 is 9.53 Å². The lowest BCUT2D eigenvalue weighted by molar-refractivity contribution is 0.0935. The van der Waals surface area contributed by atoms with Gasteiger partial charge in [-0.3, -0.25) is 4.79 Å². The first-order chi connectivity index (χ1) is 13.1. The normalized spacial score (nSPS) is 18.4. The fraction of sp³-hybridized carbons (Fsp3) is 0.300. The third-order valence-electron chi connectivity index (χ3n) is 5.27. The number of aryl methyl sites for hydroxylation is 1. The van der Waals surface area contributed by atoms with Gasteiger partial charge in [0.2, 0.25) is 0 Å². The van der Waals surface area contributed by atoms with Gasteiger partial charge in [-0.1, -0.05) is 11.6 Å². The SMILES string of the molecule is COc1ccc2cc([C@@H]3NC(=O)c4c(sc5c4CCCC5)N3)c(Cl)nc2c1. The minimum absolute atomic E-state index is 0.0287. The number of aromatic nitrogens is 1. The summed E-state index contributed by atoms with van der Waals surface area (Å²) < 4.78 is 5.25. The predicted octanol–water partition coefficient (Wildman–Crippen LogP) is 4.69. The topological polar surface area (TPSA) is 63.2 Å². The second-order valence-electron chi connectivity index (χ2n) is 6.89. The molecular formula is C20H18ClN3O2S. The number of benzene rings is 1. The largest absolute Gasteiger partial charge is 0.497 e. The molecule has 1 amide bonds. The highest BCUT2D eigenvalue weighted by atomic mass is 35.5. The molecule has 3 aromatic rings. The molecule has 0 bridgehead atoms. The molecule has 0 fully saturated rings. The van der Waals surface area contributed by atoms with E-state index in [0.717, 1.165) is 52.0 Å². The van der Waals surface area contributed by atoms with Crippen LogP contribution in [-0.4, -0.2) is 18.0 Å². The minimum Gasteiger partial charge on any atom is -0.497 e. The Morgan fingerprint density at radius 1 is 1.22 bits per heavy atom. The lowest BCUT2D eigenvalue weighted by Crippen LogP contribution is -2.38. The van der Waals surface area contributed by atoms with Crippen molar-refractivity contribution in [1.82, 2.24) is 10.3 Å². The summed E-state index contributed by atoms with van der Waals surface area (Å²) in [6.07, 6.45) is 4.00. The van der Waals surface area contributed by atoms with Gasteiger partial charge in [0.25, 0.3) is 5.91 Å². The Morgan fingerprint density at radius 3 is 2.93 bits per heavy atom. The van der Waals surface area contributed by atoms with Crippen molar-refractivity contribution in [3.63, 3.8) is 0 Å². The number of carbonyl (C=O) groups is 1. The first-order valence-electron chi connectivity index (χ1n) is 9.00. The maximum Gasteiger partial charge on any atom is 0.256 e. The summed E-state index contributed by atoms with van der Waals surface area (Å²) in [6.45, 7) is 0. The van der Waals surface area contributed by atoms with E-state index < -0.39 is 6.17 Å². The third kappa shape index (κ3) is 2.75. The van der Waals surface area contributed by atoms with Gasteiger partial charge in [-0.25, -0.2) is 4.98 Å². The van der Waals surface area contributed by atoms with Crippen molar-refractivity contribution in [3.05, 3.63) is 51.0 Å². The number of carbonyl (C=O) groups excluding carboxylic acids is 1. The van der Waals surface area contributed by atoms with Crippen LogP contribution in [0.5, 0.6) is 5.75 Å². The smallest absolute Gasteiger partial charge is 0.256 e. The van der Waals surface area contributed by atoms with Gasteiger partial charge in [0.1, 0.15) is 22.1 Å². The molecule has 0 saturated heterocycles. The van der Waals surface area contributed by atoms with Crippen molar-refractivity contribution >= 4 is 44.7 Å². The summed E-state index contributed by atoms with van der Waals surface area (Å²) in [5, 5.41) is 8.79. The Hall–Kier alpha value is -2.31. The lowest BCUT2D eigenvalue weighted by atomic mass is 9.94. The van der Waals surface area contributed by atoms with E-state index in [-0.39, 0.29) is 5.91 Å². The van der Waals surface area contributed by atoms with Gasteiger partial charge in [-0.05, 0) is 49.4 Å². The number of thiophene rings is 1. The average Bonchev–Trinajstić information content (AvgIpc) is 3.05. The van der Waals surface area contributed by atoms with Crippen molar-refractivity contribution in [2.24, 2.45) is 0 Å². The number of fused-ring (bicyclic) bond motifs is 4. The number of anilines is 1. The second kappa shape index (κ2) is 6.39. The summed E-state index contributed by atoms with van der Waals surface area (Å²) in [4.78, 5) is 18.7. The number of methoxy groups -OCH3 is 1. The van der Waals surface area contributed by atoms with Crippen LogP contribution in [0.1, 0.15) is 45.4 Å². The number of pyridine rings is 1. The molecule has 7 heteroatoms. The van der Waals surface area contributed by atoms with Gasteiger partial charge in [-0.2, -0.15) is 0 Å². The Labute approximate surface area is 165 Å². The molecule has 2 aromatic heterocycles. The number of amides is 1. The van der Waals surface area contributed by atoms with Crippen molar-refractivity contribution in [2.45, 2.75) is 31.8 Å². The van der Waals surface area contributed by atoms with Gasteiger partial charge < -0.3 is 15.4 Å². The molecule has 3 heterocycles. The van der Waals surface area contributed by atoms with E-state index in [1.807, 2.05) is 24.3 Å². The quantitative estimate of drug-likeness (QED) is 0.613. The molecule has 5 rings (SSSR count). The van der Waals surface area contributed by atoms with E-state index in [4.69, 9.17) is 16.3 Å². The first-order valence-corrected chi connectivity index (χ1v) is 10.2. The monoisotopic (exact) mass is 399 g/mol. The number of hydrogen-bond donors (Lipinski definition) is 2. The first kappa shape index (κ1) is 16.8. The van der Waals surface area contributed by atoms with Crippen LogP contribution in [0.3, 0.4) is 0 Å². The van der Waals surface area contributed by atoms with Crippen LogP contribution in [0.2, 0.25) is 5.15 Å². The standard InChI is InChI=1S/C20H18ClN3O2S/c1-26-11-7-6-10-8-13(17(21)22-14(10)9-11)18-23-19(25)16-12-4-2-3-5-15(12)27-20(16)24-18/h6-9,18,24H,2-5H2,1H3,(H,23,25)/t18-/m1/s1. The molecule has 0 spiro atoms. The highest BCUT2D eigenvalue weighted by Gasteiger charge is 2.33. The number of hydrogen-bond acceptors (Lipinski definition) is 5. The van der Waals surface area contributed by atoms with Crippen molar-refractivity contribution in [2.75, 3.05) is 12.4 Å². The van der Waals surface area contributed by atoms with Gasteiger partial charge in [-0.15, -0.1) is 11.3 Å². The van der Waals surface area contributed by atoms with Crippen LogP contribution in [0.15, 0.2) is 24.3 Å². The number of rotatable bonds is 2. The third-order valence-corrected chi connectivity index (χ3v) is 6.79. The molecular weight excluding hydrogens is 382 g/mol. The Morgan fingerprint density at radius 2 is 2.07 bits per heavy atom. The Bertz CT molecular complexity index is 1080. The molecule has 2 aliphatic rings. The number of nitrogens with one attached hydrogen (secondary N) is 2. The fourth-order valence-electron chi connectivity index (χ4n) is 3.90. The van der Waals surface area contributed by atoms with Crippen LogP contribution in [0, 0.1) is 0 Å². The molecule has 27 heavy (non-hydrogen) atoms. The predicted molar refractivity (Wildman–Crippen MR) is 108 cm³/mol. The summed E-state index contributed by atoms with van der Waals surface area (Å²) in [7, 11) is 1.62. The minimum atomic E-state index is -0.392. The van der Waals surface area contributed by atoms with Crippen LogP contribution in [-0.2, 0) is 12.8 Å². The van der Waals surface area contributed by atoms with E-state index in [1.165, 1.54) is 16.9 Å². The molecule has 138 valence electrons. The lowest BCUT2D eigenvalue weighted by Gasteiger charge is -2.27. The zero-order valence-corrected chi connectivity index (χ0v) is 16.3. The summed E-state index contributed by atoms with van der Waals surface area (Å²) in [6, 6.07) is 7.66. The average molecular weight is 400 g/mol. The molecule has 1 atom stereocenters. The summed E-state index contributed by atoms with van der Waals surface area (Å²) in [5.74, 6) is 0.704. The number of ether oxygens (including phenoxy) is 1. The van der Waals surface area contributed by atoms with Gasteiger partial charge in [0.05, 0.1) is 18.2 Å². The van der Waals surface area contributed by atoms with Crippen LogP contribution < -0.4 is 15.4 Å². The highest BCUT2D eigenvalue weighted by molar-refractivity contribution is 7.16. The Kier molecular flexibility index (Phi) is 3.98. The van der Waals surface area contributed by atoms with E-state index >= 15 is 0 Å². The van der Waals surface area contributed by atoms with E-state index in [0.29, 0.717) is 5.15 Å². The molecule has 2 N–H and O–H groups in total. The molecule has 5 nitrogen and oxygen atoms in total. The Balaban J connectivity index is 1.55. The van der Waals surface area contributed by atoms with E-state index in [9.17, 15) is 4.79 Å². The zero-order valence-electron chi connectivity index (χ0n) is 14.8. The maximum atomic E-state index is 12.8. The highest BCUT2D eigenvalue weighted by Crippen LogP contribution is 2.42. The maximum absolute atomic E-state index is 12.8. The van der Waals surface area contributed by atoms with Crippen LogP contribution in [0.25, 0.3) is 10.9 Å². The van der Waals surface area contributed by atoms with Gasteiger partial charge in [0.15, 0.2) is 0 Å². The van der Waals surface area contributed by atoms with E-state index in [1.54, 1.807) is 18.4 Å². The molecule has 1 aliphatic carbocycles. The molecule has 0 radical (unpaired) electrons. The number of halogens is 1. The van der Waals surface area contributed by atoms with Crippen molar-refractivity contribution in [1.29, 1.82) is 0 Å². The van der Waals surface area contributed by atoms with Crippen LogP contribution in [0.4, 0.5) is 5.00 Å². The van der Waals surface area contributed by atoms with Crippen LogP contribution >= 0.6 is 22.9 Å². The molecule has 0 unspecified atom stereocenters. The second-order valence-corrected chi connectivity index (χ2v) is 8.36. The molecule has 1 aliphatic heterocycles. The zero-order chi connectivity index (χ0) is 18.5. The van der Waals surface area contributed by atoms with Gasteiger partial charge in [0, 0.05) is 21.9 Å².